The summed E-state index contributed by atoms with van der Waals surface area (Å²) in [7, 11) is 0. The quantitative estimate of drug-likeness (QED) is 0.394. The number of Topliss-reactive ketones (excluding diaryl/α,β-unsaturated/α-hetero) is 1. The first-order valence-corrected chi connectivity index (χ1v) is 9.91. The van der Waals surface area contributed by atoms with Crippen LogP contribution in [0.4, 0.5) is 0 Å². The van der Waals surface area contributed by atoms with Crippen molar-refractivity contribution in [2.45, 2.75) is 18.3 Å². The van der Waals surface area contributed by atoms with Crippen molar-refractivity contribution in [2.75, 3.05) is 6.61 Å². The Hall–Kier alpha value is -3.81. The highest BCUT2D eigenvalue weighted by Crippen LogP contribution is 2.16. The van der Waals surface area contributed by atoms with Gasteiger partial charge in [-0.1, -0.05) is 66.7 Å². The Balaban J connectivity index is 1.76. The molecular formula is C25H22O7. The molecule has 0 saturated heterocycles. The second-order valence-corrected chi connectivity index (χ2v) is 6.94. The van der Waals surface area contributed by atoms with Gasteiger partial charge in [0.2, 0.25) is 0 Å². The Kier molecular flexibility index (Phi) is 7.85. The van der Waals surface area contributed by atoms with E-state index in [2.05, 4.69) is 0 Å². The third-order valence-corrected chi connectivity index (χ3v) is 4.66. The van der Waals surface area contributed by atoms with Crippen LogP contribution in [0.15, 0.2) is 91.0 Å². The van der Waals surface area contributed by atoms with Gasteiger partial charge in [0.25, 0.3) is 0 Å². The van der Waals surface area contributed by atoms with E-state index >= 15 is 0 Å². The molecule has 2 N–H and O–H groups in total. The van der Waals surface area contributed by atoms with Crippen LogP contribution in [0.2, 0.25) is 0 Å². The molecule has 0 amide bonds. The molecule has 0 aliphatic rings. The molecule has 0 aromatic heterocycles. The Bertz CT molecular complexity index is 1040. The smallest absolute Gasteiger partial charge is 0.338 e. The standard InChI is InChI=1S/C25H22O7/c26-20(16-31-24(29)18-12-6-2-7-13-18)23(32-25(30)19-14-8-3-9-15-19)22(28)21(27)17-10-4-1-5-11-17/h1-15,20,22-23,26,28H,16H2/t20-,22?,23-/m1/s1. The van der Waals surface area contributed by atoms with Gasteiger partial charge in [0.05, 0.1) is 11.1 Å². The van der Waals surface area contributed by atoms with E-state index in [1.165, 1.54) is 36.4 Å². The monoisotopic (exact) mass is 434 g/mol. The van der Waals surface area contributed by atoms with Crippen LogP contribution in [0.3, 0.4) is 0 Å². The Morgan fingerprint density at radius 2 is 1.09 bits per heavy atom. The Morgan fingerprint density at radius 3 is 1.59 bits per heavy atom. The van der Waals surface area contributed by atoms with Gasteiger partial charge in [-0.05, 0) is 24.3 Å². The van der Waals surface area contributed by atoms with Gasteiger partial charge in [0.1, 0.15) is 12.7 Å². The SMILES string of the molecule is O=C(OC[C@@H](O)[C@@H](OC(=O)c1ccccc1)C(O)C(=O)c1ccccc1)c1ccccc1. The normalized spacial score (nSPS) is 13.4. The van der Waals surface area contributed by atoms with Crippen LogP contribution in [0.1, 0.15) is 31.1 Å². The molecule has 32 heavy (non-hydrogen) atoms. The first-order chi connectivity index (χ1) is 15.5. The zero-order valence-electron chi connectivity index (χ0n) is 17.0. The molecule has 0 spiro atoms. The van der Waals surface area contributed by atoms with Crippen LogP contribution < -0.4 is 0 Å². The molecule has 0 aliphatic carbocycles. The lowest BCUT2D eigenvalue weighted by Crippen LogP contribution is -2.47. The van der Waals surface area contributed by atoms with Gasteiger partial charge >= 0.3 is 11.9 Å². The van der Waals surface area contributed by atoms with Gasteiger partial charge < -0.3 is 19.7 Å². The minimum absolute atomic E-state index is 0.172. The van der Waals surface area contributed by atoms with Crippen molar-refractivity contribution in [2.24, 2.45) is 0 Å². The van der Waals surface area contributed by atoms with Crippen LogP contribution in [0.25, 0.3) is 0 Å². The van der Waals surface area contributed by atoms with Crippen LogP contribution in [0, 0.1) is 0 Å². The number of ether oxygens (including phenoxy) is 2. The van der Waals surface area contributed by atoms with E-state index in [1.54, 1.807) is 54.6 Å². The van der Waals surface area contributed by atoms with Crippen LogP contribution in [0.5, 0.6) is 0 Å². The van der Waals surface area contributed by atoms with Crippen molar-refractivity contribution in [3.8, 4) is 0 Å². The number of aliphatic hydroxyl groups is 2. The molecule has 3 aromatic carbocycles. The highest BCUT2D eigenvalue weighted by Gasteiger charge is 2.37. The van der Waals surface area contributed by atoms with E-state index in [-0.39, 0.29) is 16.7 Å². The van der Waals surface area contributed by atoms with Gasteiger partial charge in [-0.15, -0.1) is 0 Å². The number of esters is 2. The lowest BCUT2D eigenvalue weighted by molar-refractivity contribution is -0.0801. The van der Waals surface area contributed by atoms with E-state index in [1.807, 2.05) is 0 Å². The number of hydrogen-bond donors (Lipinski definition) is 2. The molecule has 7 nitrogen and oxygen atoms in total. The largest absolute Gasteiger partial charge is 0.459 e. The fraction of sp³-hybridized carbons (Fsp3) is 0.160. The zero-order chi connectivity index (χ0) is 22.9. The second-order valence-electron chi connectivity index (χ2n) is 6.94. The maximum absolute atomic E-state index is 12.7. The minimum atomic E-state index is -1.88. The average Bonchev–Trinajstić information content (AvgIpc) is 2.86. The predicted octanol–water partition coefficient (Wildman–Crippen LogP) is 2.67. The van der Waals surface area contributed by atoms with Crippen LogP contribution in [-0.2, 0) is 9.47 Å². The minimum Gasteiger partial charge on any atom is -0.459 e. The van der Waals surface area contributed by atoms with Crippen molar-refractivity contribution in [3.63, 3.8) is 0 Å². The molecule has 3 aromatic rings. The molecule has 0 aliphatic heterocycles. The molecule has 0 fully saturated rings. The fourth-order valence-electron chi connectivity index (χ4n) is 2.96. The molecule has 0 heterocycles. The van der Waals surface area contributed by atoms with Gasteiger partial charge in [0.15, 0.2) is 18.0 Å². The van der Waals surface area contributed by atoms with E-state index in [0.717, 1.165) is 0 Å². The van der Waals surface area contributed by atoms with Gasteiger partial charge in [0, 0.05) is 5.56 Å². The predicted molar refractivity (Wildman–Crippen MR) is 115 cm³/mol. The topological polar surface area (TPSA) is 110 Å². The molecule has 1 unspecified atom stereocenters. The summed E-state index contributed by atoms with van der Waals surface area (Å²) in [6.07, 6.45) is -5.20. The van der Waals surface area contributed by atoms with E-state index in [9.17, 15) is 24.6 Å². The summed E-state index contributed by atoms with van der Waals surface area (Å²) in [6, 6.07) is 24.0. The summed E-state index contributed by atoms with van der Waals surface area (Å²) in [6.45, 7) is -0.598. The summed E-state index contributed by atoms with van der Waals surface area (Å²) >= 11 is 0. The van der Waals surface area contributed by atoms with E-state index in [4.69, 9.17) is 9.47 Å². The molecular weight excluding hydrogens is 412 g/mol. The molecule has 0 radical (unpaired) electrons. The molecule has 7 heteroatoms. The van der Waals surface area contributed by atoms with E-state index in [0.29, 0.717) is 0 Å². The fourth-order valence-corrected chi connectivity index (χ4v) is 2.96. The zero-order valence-corrected chi connectivity index (χ0v) is 17.0. The van der Waals surface area contributed by atoms with Crippen LogP contribution >= 0.6 is 0 Å². The lowest BCUT2D eigenvalue weighted by atomic mass is 9.99. The molecule has 0 bridgehead atoms. The third kappa shape index (κ3) is 5.87. The van der Waals surface area contributed by atoms with Crippen molar-refractivity contribution in [3.05, 3.63) is 108 Å². The molecule has 3 rings (SSSR count). The van der Waals surface area contributed by atoms with Gasteiger partial charge in [-0.25, -0.2) is 9.59 Å². The first kappa shape index (κ1) is 22.9. The second kappa shape index (κ2) is 11.0. The summed E-state index contributed by atoms with van der Waals surface area (Å²) in [4.78, 5) is 37.4. The molecule has 0 saturated carbocycles. The van der Waals surface area contributed by atoms with Crippen molar-refractivity contribution >= 4 is 17.7 Å². The van der Waals surface area contributed by atoms with E-state index < -0.39 is 42.6 Å². The first-order valence-electron chi connectivity index (χ1n) is 9.91. The molecule has 3 atom stereocenters. The van der Waals surface area contributed by atoms with Crippen molar-refractivity contribution in [1.82, 2.24) is 0 Å². The highest BCUT2D eigenvalue weighted by molar-refractivity contribution is 6.00. The number of carbonyl (C=O) groups is 3. The van der Waals surface area contributed by atoms with Crippen LogP contribution in [-0.4, -0.2) is 52.9 Å². The number of carbonyl (C=O) groups excluding carboxylic acids is 3. The summed E-state index contributed by atoms with van der Waals surface area (Å²) in [5.74, 6) is -2.30. The summed E-state index contributed by atoms with van der Waals surface area (Å²) in [5.41, 5.74) is 0.609. The number of benzene rings is 3. The summed E-state index contributed by atoms with van der Waals surface area (Å²) in [5, 5.41) is 21.3. The van der Waals surface area contributed by atoms with Crippen molar-refractivity contribution in [1.29, 1.82) is 0 Å². The van der Waals surface area contributed by atoms with Gasteiger partial charge in [-0.3, -0.25) is 4.79 Å². The highest BCUT2D eigenvalue weighted by atomic mass is 16.6. The average molecular weight is 434 g/mol. The maximum atomic E-state index is 12.7. The Labute approximate surface area is 184 Å². The number of ketones is 1. The maximum Gasteiger partial charge on any atom is 0.338 e. The summed E-state index contributed by atoms with van der Waals surface area (Å²) < 4.78 is 10.4. The number of rotatable bonds is 9. The lowest BCUT2D eigenvalue weighted by Gasteiger charge is -2.26. The number of hydrogen-bond acceptors (Lipinski definition) is 7. The number of aliphatic hydroxyl groups excluding tert-OH is 2. The van der Waals surface area contributed by atoms with Crippen molar-refractivity contribution < 1.29 is 34.1 Å². The molecule has 164 valence electrons. The third-order valence-electron chi connectivity index (χ3n) is 4.66. The van der Waals surface area contributed by atoms with Gasteiger partial charge in [-0.2, -0.15) is 0 Å². The Morgan fingerprint density at radius 1 is 0.656 bits per heavy atom.